The lowest BCUT2D eigenvalue weighted by molar-refractivity contribution is 0.183. The van der Waals surface area contributed by atoms with E-state index in [0.717, 1.165) is 16.8 Å². The third kappa shape index (κ3) is 5.38. The number of carbonyl (C=O) groups excluding carboxylic acids is 1. The second-order valence-electron chi connectivity index (χ2n) is 5.64. The first-order chi connectivity index (χ1) is 11.1. The van der Waals surface area contributed by atoms with Crippen LogP contribution in [-0.4, -0.2) is 28.8 Å². The monoisotopic (exact) mass is 313 g/mol. The number of pyridine rings is 1. The van der Waals surface area contributed by atoms with Crippen LogP contribution in [0.25, 0.3) is 0 Å². The molecule has 0 spiro atoms. The van der Waals surface area contributed by atoms with Crippen LogP contribution in [0.5, 0.6) is 0 Å². The Morgan fingerprint density at radius 1 is 1.26 bits per heavy atom. The number of nitrogens with zero attached hydrogens (tertiary/aromatic N) is 1. The molecular formula is C18H23N3O2. The fourth-order valence-corrected chi connectivity index (χ4v) is 2.30. The maximum absolute atomic E-state index is 12.1. The summed E-state index contributed by atoms with van der Waals surface area (Å²) in [5.41, 5.74) is 2.89. The largest absolute Gasteiger partial charge is 0.393 e. The van der Waals surface area contributed by atoms with Gasteiger partial charge in [0.05, 0.1) is 17.8 Å². The van der Waals surface area contributed by atoms with Crippen LogP contribution in [0.4, 0.5) is 4.79 Å². The molecule has 0 aliphatic heterocycles. The van der Waals surface area contributed by atoms with Crippen LogP contribution in [-0.2, 0) is 0 Å². The number of nitrogens with one attached hydrogen (secondary N) is 2. The van der Waals surface area contributed by atoms with Gasteiger partial charge < -0.3 is 15.7 Å². The van der Waals surface area contributed by atoms with E-state index in [4.69, 9.17) is 0 Å². The highest BCUT2D eigenvalue weighted by Crippen LogP contribution is 2.21. The summed E-state index contributed by atoms with van der Waals surface area (Å²) in [4.78, 5) is 16.5. The van der Waals surface area contributed by atoms with E-state index in [0.29, 0.717) is 13.0 Å². The fraction of sp³-hybridized carbons (Fsp3) is 0.333. The molecule has 0 saturated heterocycles. The number of carbonyl (C=O) groups is 1. The molecule has 1 heterocycles. The molecule has 122 valence electrons. The third-order valence-corrected chi connectivity index (χ3v) is 3.48. The van der Waals surface area contributed by atoms with Crippen molar-refractivity contribution in [3.05, 3.63) is 65.5 Å². The number of hydrogen-bond acceptors (Lipinski definition) is 3. The predicted octanol–water partition coefficient (Wildman–Crippen LogP) is 2.55. The van der Waals surface area contributed by atoms with Gasteiger partial charge in [0.2, 0.25) is 0 Å². The minimum absolute atomic E-state index is 0.275. The Kier molecular flexibility index (Phi) is 6.11. The van der Waals surface area contributed by atoms with Crippen LogP contribution in [0.1, 0.15) is 36.2 Å². The average Bonchev–Trinajstić information content (AvgIpc) is 2.53. The lowest BCUT2D eigenvalue weighted by Gasteiger charge is -2.20. The Bertz CT molecular complexity index is 629. The summed E-state index contributed by atoms with van der Waals surface area (Å²) in [6.45, 7) is 4.14. The number of amides is 2. The minimum Gasteiger partial charge on any atom is -0.393 e. The highest BCUT2D eigenvalue weighted by Gasteiger charge is 2.18. The highest BCUT2D eigenvalue weighted by molar-refractivity contribution is 5.74. The molecule has 2 unspecified atom stereocenters. The van der Waals surface area contributed by atoms with Gasteiger partial charge in [0.15, 0.2) is 0 Å². The summed E-state index contributed by atoms with van der Waals surface area (Å²) in [6.07, 6.45) is 1.80. The van der Waals surface area contributed by atoms with E-state index in [9.17, 15) is 9.90 Å². The molecule has 2 atom stereocenters. The first-order valence-corrected chi connectivity index (χ1v) is 7.76. The van der Waals surface area contributed by atoms with Crippen LogP contribution >= 0.6 is 0 Å². The summed E-state index contributed by atoms with van der Waals surface area (Å²) in [6, 6.07) is 13.0. The van der Waals surface area contributed by atoms with Gasteiger partial charge in [-0.3, -0.25) is 4.98 Å². The second-order valence-corrected chi connectivity index (χ2v) is 5.64. The van der Waals surface area contributed by atoms with Crippen molar-refractivity contribution in [2.45, 2.75) is 32.4 Å². The van der Waals surface area contributed by atoms with E-state index >= 15 is 0 Å². The van der Waals surface area contributed by atoms with Crippen molar-refractivity contribution in [2.75, 3.05) is 6.54 Å². The van der Waals surface area contributed by atoms with Gasteiger partial charge in [0, 0.05) is 12.7 Å². The maximum atomic E-state index is 12.1. The normalized spacial score (nSPS) is 13.2. The van der Waals surface area contributed by atoms with E-state index < -0.39 is 6.10 Å². The van der Waals surface area contributed by atoms with Crippen molar-refractivity contribution in [3.63, 3.8) is 0 Å². The van der Waals surface area contributed by atoms with Crippen molar-refractivity contribution < 1.29 is 9.90 Å². The van der Waals surface area contributed by atoms with Crippen LogP contribution < -0.4 is 10.6 Å². The number of aromatic nitrogens is 1. The molecule has 23 heavy (non-hydrogen) atoms. The van der Waals surface area contributed by atoms with Gasteiger partial charge in [-0.05, 0) is 38.0 Å². The Hall–Kier alpha value is -2.40. The molecule has 2 aromatic rings. The van der Waals surface area contributed by atoms with Gasteiger partial charge in [0.1, 0.15) is 0 Å². The van der Waals surface area contributed by atoms with Gasteiger partial charge in [-0.25, -0.2) is 4.79 Å². The van der Waals surface area contributed by atoms with Crippen LogP contribution in [0, 0.1) is 6.92 Å². The number of rotatable bonds is 6. The SMILES string of the molecule is Cc1cccc(C(NC(=O)NCCC(C)O)c2ccccn2)c1. The van der Waals surface area contributed by atoms with E-state index in [1.165, 1.54) is 0 Å². The number of aliphatic hydroxyl groups is 1. The lowest BCUT2D eigenvalue weighted by Crippen LogP contribution is -2.39. The molecule has 0 saturated carbocycles. The summed E-state index contributed by atoms with van der Waals surface area (Å²) in [7, 11) is 0. The molecule has 3 N–H and O–H groups in total. The molecule has 0 aliphatic rings. The molecule has 2 amide bonds. The van der Waals surface area contributed by atoms with Crippen LogP contribution in [0.2, 0.25) is 0 Å². The van der Waals surface area contributed by atoms with Crippen LogP contribution in [0.15, 0.2) is 48.7 Å². The summed E-state index contributed by atoms with van der Waals surface area (Å²) in [5.74, 6) is 0. The Balaban J connectivity index is 2.13. The number of hydrogen-bond donors (Lipinski definition) is 3. The number of benzene rings is 1. The van der Waals surface area contributed by atoms with Gasteiger partial charge in [-0.2, -0.15) is 0 Å². The molecule has 1 aromatic carbocycles. The standard InChI is InChI=1S/C18H23N3O2/c1-13-6-5-7-15(12-13)17(16-8-3-4-10-19-16)21-18(23)20-11-9-14(2)22/h3-8,10,12,14,17,22H,9,11H2,1-2H3,(H2,20,21,23). The topological polar surface area (TPSA) is 74.2 Å². The van der Waals surface area contributed by atoms with Crippen molar-refractivity contribution in [1.29, 1.82) is 0 Å². The lowest BCUT2D eigenvalue weighted by atomic mass is 10.0. The van der Waals surface area contributed by atoms with Crippen molar-refractivity contribution in [2.24, 2.45) is 0 Å². The molecular weight excluding hydrogens is 290 g/mol. The van der Waals surface area contributed by atoms with Crippen molar-refractivity contribution >= 4 is 6.03 Å². The average molecular weight is 313 g/mol. The van der Waals surface area contributed by atoms with Crippen molar-refractivity contribution in [1.82, 2.24) is 15.6 Å². The molecule has 5 nitrogen and oxygen atoms in total. The minimum atomic E-state index is -0.432. The summed E-state index contributed by atoms with van der Waals surface area (Å²) in [5, 5.41) is 15.0. The van der Waals surface area contributed by atoms with Crippen LogP contribution in [0.3, 0.4) is 0 Å². The molecule has 2 rings (SSSR count). The van der Waals surface area contributed by atoms with Crippen molar-refractivity contribution in [3.8, 4) is 0 Å². The molecule has 1 aromatic heterocycles. The number of aliphatic hydroxyl groups excluding tert-OH is 1. The molecule has 0 bridgehead atoms. The Labute approximate surface area is 136 Å². The molecule has 5 heteroatoms. The smallest absolute Gasteiger partial charge is 0.315 e. The zero-order valence-corrected chi connectivity index (χ0v) is 13.5. The van der Waals surface area contributed by atoms with Gasteiger partial charge in [-0.1, -0.05) is 35.9 Å². The first-order valence-electron chi connectivity index (χ1n) is 7.76. The molecule has 0 fully saturated rings. The van der Waals surface area contributed by atoms with Gasteiger partial charge in [0.25, 0.3) is 0 Å². The summed E-state index contributed by atoms with van der Waals surface area (Å²) >= 11 is 0. The number of aryl methyl sites for hydroxylation is 1. The highest BCUT2D eigenvalue weighted by atomic mass is 16.3. The van der Waals surface area contributed by atoms with Gasteiger partial charge >= 0.3 is 6.03 Å². The van der Waals surface area contributed by atoms with E-state index in [-0.39, 0.29) is 12.1 Å². The third-order valence-electron chi connectivity index (χ3n) is 3.48. The fourth-order valence-electron chi connectivity index (χ4n) is 2.30. The summed E-state index contributed by atoms with van der Waals surface area (Å²) < 4.78 is 0. The predicted molar refractivity (Wildman–Crippen MR) is 90.1 cm³/mol. The Morgan fingerprint density at radius 2 is 2.09 bits per heavy atom. The zero-order chi connectivity index (χ0) is 16.7. The Morgan fingerprint density at radius 3 is 2.74 bits per heavy atom. The quantitative estimate of drug-likeness (QED) is 0.767. The second kappa shape index (κ2) is 8.29. The zero-order valence-electron chi connectivity index (χ0n) is 13.5. The van der Waals surface area contributed by atoms with E-state index in [2.05, 4.69) is 15.6 Å². The molecule has 0 radical (unpaired) electrons. The van der Waals surface area contributed by atoms with E-state index in [1.54, 1.807) is 13.1 Å². The molecule has 0 aliphatic carbocycles. The maximum Gasteiger partial charge on any atom is 0.315 e. The van der Waals surface area contributed by atoms with Gasteiger partial charge in [-0.15, -0.1) is 0 Å². The van der Waals surface area contributed by atoms with E-state index in [1.807, 2.05) is 49.4 Å². The first kappa shape index (κ1) is 17.0. The number of urea groups is 1.